The number of anilines is 3. The molecule has 0 atom stereocenters. The summed E-state index contributed by atoms with van der Waals surface area (Å²) in [5.74, 6) is 0. The van der Waals surface area contributed by atoms with Gasteiger partial charge in [0.25, 0.3) is 6.71 Å². The van der Waals surface area contributed by atoms with Gasteiger partial charge >= 0.3 is 0 Å². The largest absolute Gasteiger partial charge is 0.309 e. The van der Waals surface area contributed by atoms with Crippen LogP contribution < -0.4 is 20.6 Å². The van der Waals surface area contributed by atoms with E-state index < -0.39 is 0 Å². The first-order chi connectivity index (χ1) is 25.4. The Balaban J connectivity index is 1.28. The molecule has 2 aliphatic rings. The number of thiophene rings is 2. The van der Waals surface area contributed by atoms with Gasteiger partial charge in [0.2, 0.25) is 0 Å². The zero-order chi connectivity index (χ0) is 34.7. The van der Waals surface area contributed by atoms with Crippen LogP contribution in [-0.4, -0.2) is 6.71 Å². The standard InChI is InChI=1S/C48H34BNS2/c1-48(2,3)31-24-25-39(36(28-31)29-14-5-4-6-15-29)50-40-27-30(32-19-13-23-43-44(32)34-17-8-11-21-41(34)51-43)26-37-33-16-7-10-20-38(33)49(45(37)40)47-46(50)35-18-9-12-22-42(35)52-47/h4-28H,1-3H3. The summed E-state index contributed by atoms with van der Waals surface area (Å²) >= 11 is 3.86. The van der Waals surface area contributed by atoms with Gasteiger partial charge in [-0.2, -0.15) is 0 Å². The highest BCUT2D eigenvalue weighted by atomic mass is 32.1. The van der Waals surface area contributed by atoms with E-state index in [0.717, 1.165) is 0 Å². The van der Waals surface area contributed by atoms with Gasteiger partial charge in [-0.15, -0.1) is 22.7 Å². The molecule has 0 amide bonds. The molecule has 2 aliphatic heterocycles. The molecule has 0 N–H and O–H groups in total. The van der Waals surface area contributed by atoms with Crippen LogP contribution in [0.1, 0.15) is 26.3 Å². The first kappa shape index (κ1) is 30.2. The summed E-state index contributed by atoms with van der Waals surface area (Å²) in [5.41, 5.74) is 15.8. The second kappa shape index (κ2) is 11.0. The third kappa shape index (κ3) is 4.29. The Labute approximate surface area is 312 Å². The molecule has 4 heteroatoms. The summed E-state index contributed by atoms with van der Waals surface area (Å²) in [6, 6.07) is 57.1. The van der Waals surface area contributed by atoms with E-state index in [2.05, 4.69) is 177 Å². The minimum Gasteiger partial charge on any atom is -0.309 e. The lowest BCUT2D eigenvalue weighted by atomic mass is 9.40. The fourth-order valence-electron chi connectivity index (χ4n) is 8.84. The lowest BCUT2D eigenvalue weighted by molar-refractivity contribution is 0.590. The second-order valence-corrected chi connectivity index (χ2v) is 17.4. The molecule has 0 radical (unpaired) electrons. The summed E-state index contributed by atoms with van der Waals surface area (Å²) in [4.78, 5) is 2.64. The van der Waals surface area contributed by atoms with Gasteiger partial charge in [0.1, 0.15) is 0 Å². The topological polar surface area (TPSA) is 3.24 Å². The van der Waals surface area contributed by atoms with E-state index in [9.17, 15) is 0 Å². The zero-order valence-corrected chi connectivity index (χ0v) is 30.9. The van der Waals surface area contributed by atoms with Gasteiger partial charge in [-0.25, -0.2) is 0 Å². The molecular formula is C48H34BNS2. The zero-order valence-electron chi connectivity index (χ0n) is 29.3. The van der Waals surface area contributed by atoms with E-state index >= 15 is 0 Å². The second-order valence-electron chi connectivity index (χ2n) is 15.2. The minimum absolute atomic E-state index is 0.0140. The Kier molecular flexibility index (Phi) is 6.42. The van der Waals surface area contributed by atoms with Crippen molar-refractivity contribution in [1.82, 2.24) is 0 Å². The average molecular weight is 700 g/mol. The maximum absolute atomic E-state index is 2.64. The molecule has 52 heavy (non-hydrogen) atoms. The molecule has 0 saturated carbocycles. The van der Waals surface area contributed by atoms with Crippen molar-refractivity contribution >= 4 is 92.4 Å². The van der Waals surface area contributed by atoms with Crippen molar-refractivity contribution in [2.45, 2.75) is 26.2 Å². The number of hydrogen-bond acceptors (Lipinski definition) is 3. The lowest BCUT2D eigenvalue weighted by Gasteiger charge is -2.36. The summed E-state index contributed by atoms with van der Waals surface area (Å²) in [5, 5.41) is 3.99. The SMILES string of the molecule is CC(C)(C)c1ccc(N2c3cc(-c4cccc5sc6ccccc6c45)cc4c3B(c3ccccc3-4)c3sc4ccccc4c32)c(-c2ccccc2)c1. The van der Waals surface area contributed by atoms with Gasteiger partial charge in [-0.3, -0.25) is 0 Å². The molecule has 7 aromatic carbocycles. The highest BCUT2D eigenvalue weighted by molar-refractivity contribution is 7.34. The van der Waals surface area contributed by atoms with E-state index in [1.165, 1.54) is 102 Å². The quantitative estimate of drug-likeness (QED) is 0.166. The van der Waals surface area contributed by atoms with Crippen LogP contribution in [0.15, 0.2) is 152 Å². The normalized spacial score (nSPS) is 13.2. The number of rotatable bonds is 3. The maximum atomic E-state index is 2.64. The Bertz CT molecular complexity index is 2910. The van der Waals surface area contributed by atoms with E-state index in [1.54, 1.807) is 0 Å². The summed E-state index contributed by atoms with van der Waals surface area (Å²) < 4.78 is 5.43. The predicted octanol–water partition coefficient (Wildman–Crippen LogP) is 12.2. The van der Waals surface area contributed by atoms with Crippen LogP contribution in [-0.2, 0) is 5.41 Å². The first-order valence-electron chi connectivity index (χ1n) is 18.1. The van der Waals surface area contributed by atoms with E-state index in [0.29, 0.717) is 0 Å². The Morgan fingerprint density at radius 2 is 1.19 bits per heavy atom. The fourth-order valence-corrected chi connectivity index (χ4v) is 11.3. The molecule has 4 heterocycles. The van der Waals surface area contributed by atoms with Crippen LogP contribution in [0, 0.1) is 0 Å². The van der Waals surface area contributed by atoms with Gasteiger partial charge in [0.15, 0.2) is 0 Å². The van der Waals surface area contributed by atoms with E-state index in [4.69, 9.17) is 0 Å². The van der Waals surface area contributed by atoms with Crippen LogP contribution in [0.3, 0.4) is 0 Å². The summed E-state index contributed by atoms with van der Waals surface area (Å²) in [7, 11) is 0. The molecular weight excluding hydrogens is 665 g/mol. The van der Waals surface area contributed by atoms with Crippen molar-refractivity contribution in [1.29, 1.82) is 0 Å². The average Bonchev–Trinajstić information content (AvgIpc) is 3.85. The molecule has 9 aromatic rings. The molecule has 1 nitrogen and oxygen atoms in total. The molecule has 0 saturated heterocycles. The van der Waals surface area contributed by atoms with Gasteiger partial charge < -0.3 is 4.90 Å². The Hall–Kier alpha value is -5.42. The van der Waals surface area contributed by atoms with Gasteiger partial charge in [0.05, 0.1) is 11.4 Å². The van der Waals surface area contributed by atoms with Crippen molar-refractivity contribution in [3.05, 3.63) is 157 Å². The molecule has 2 aromatic heterocycles. The number of hydrogen-bond donors (Lipinski definition) is 0. The van der Waals surface area contributed by atoms with Crippen LogP contribution in [0.25, 0.3) is 63.6 Å². The predicted molar refractivity (Wildman–Crippen MR) is 229 cm³/mol. The molecule has 0 aliphatic carbocycles. The highest BCUT2D eigenvalue weighted by Crippen LogP contribution is 2.51. The number of fused-ring (bicyclic) bond motifs is 10. The molecule has 0 unspecified atom stereocenters. The first-order valence-corrected chi connectivity index (χ1v) is 19.8. The minimum atomic E-state index is 0.0140. The van der Waals surface area contributed by atoms with E-state index in [-0.39, 0.29) is 12.1 Å². The van der Waals surface area contributed by atoms with Crippen molar-refractivity contribution in [2.24, 2.45) is 0 Å². The van der Waals surface area contributed by atoms with Crippen molar-refractivity contribution in [3.8, 4) is 33.4 Å². The summed E-state index contributed by atoms with van der Waals surface area (Å²) in [6.45, 7) is 7.13. The van der Waals surface area contributed by atoms with Gasteiger partial charge in [-0.1, -0.05) is 135 Å². The molecule has 0 spiro atoms. The van der Waals surface area contributed by atoms with Crippen LogP contribution >= 0.6 is 22.7 Å². The van der Waals surface area contributed by atoms with Crippen LogP contribution in [0.5, 0.6) is 0 Å². The lowest BCUT2D eigenvalue weighted by Crippen LogP contribution is -2.53. The monoisotopic (exact) mass is 699 g/mol. The smallest absolute Gasteiger partial charge is 0.260 e. The van der Waals surface area contributed by atoms with Gasteiger partial charge in [0, 0.05) is 46.3 Å². The number of benzene rings is 7. The van der Waals surface area contributed by atoms with Crippen molar-refractivity contribution < 1.29 is 0 Å². The Morgan fingerprint density at radius 1 is 0.500 bits per heavy atom. The molecule has 11 rings (SSSR count). The maximum Gasteiger partial charge on any atom is 0.260 e. The Morgan fingerprint density at radius 3 is 2.02 bits per heavy atom. The fraction of sp³-hybridized carbons (Fsp3) is 0.0833. The van der Waals surface area contributed by atoms with E-state index in [1.807, 2.05) is 22.7 Å². The summed E-state index contributed by atoms with van der Waals surface area (Å²) in [6.07, 6.45) is 0. The molecule has 0 fully saturated rings. The van der Waals surface area contributed by atoms with Crippen molar-refractivity contribution in [2.75, 3.05) is 4.90 Å². The van der Waals surface area contributed by atoms with Gasteiger partial charge in [-0.05, 0) is 86.7 Å². The molecule has 0 bridgehead atoms. The highest BCUT2D eigenvalue weighted by Gasteiger charge is 2.45. The number of nitrogens with zero attached hydrogens (tertiary/aromatic N) is 1. The van der Waals surface area contributed by atoms with Crippen molar-refractivity contribution in [3.63, 3.8) is 0 Å². The third-order valence-electron chi connectivity index (χ3n) is 11.2. The third-order valence-corrected chi connectivity index (χ3v) is 13.6. The molecule has 246 valence electrons. The van der Waals surface area contributed by atoms with Crippen LogP contribution in [0.2, 0.25) is 0 Å². The van der Waals surface area contributed by atoms with Crippen LogP contribution in [0.4, 0.5) is 17.1 Å².